The number of hydrogen-bond donors (Lipinski definition) is 2. The predicted molar refractivity (Wildman–Crippen MR) is 143 cm³/mol. The molecule has 0 saturated heterocycles. The van der Waals surface area contributed by atoms with Crippen LogP contribution in [0.5, 0.6) is 5.75 Å². The highest BCUT2D eigenvalue weighted by Crippen LogP contribution is 2.31. The summed E-state index contributed by atoms with van der Waals surface area (Å²) >= 11 is 0. The van der Waals surface area contributed by atoms with Crippen molar-refractivity contribution in [3.05, 3.63) is 113 Å². The van der Waals surface area contributed by atoms with Gasteiger partial charge in [-0.1, -0.05) is 72.8 Å². The molecule has 0 aliphatic heterocycles. The Kier molecular flexibility index (Phi) is 6.37. The molecule has 0 aliphatic rings. The van der Waals surface area contributed by atoms with E-state index in [0.717, 1.165) is 44.3 Å². The number of carbonyl (C=O) groups excluding carboxylic acids is 1. The number of carbonyl (C=O) groups is 1. The molecule has 1 heterocycles. The molecule has 0 spiro atoms. The summed E-state index contributed by atoms with van der Waals surface area (Å²) in [5, 5.41) is 11.0. The minimum atomic E-state index is -0.291. The number of nitrogens with one attached hydrogen (secondary N) is 1. The van der Waals surface area contributed by atoms with Crippen molar-refractivity contribution in [2.24, 2.45) is 0 Å². The number of aromatic amines is 1. The first-order valence-electron chi connectivity index (χ1n) is 11.8. The molecule has 36 heavy (non-hydrogen) atoms. The number of H-pyrrole nitrogens is 1. The van der Waals surface area contributed by atoms with Crippen LogP contribution in [0.2, 0.25) is 0 Å². The summed E-state index contributed by atoms with van der Waals surface area (Å²) in [6.45, 7) is 2.11. The minimum Gasteiger partial charge on any atom is -0.507 e. The molecule has 0 aliphatic carbocycles. The van der Waals surface area contributed by atoms with Crippen molar-refractivity contribution < 1.29 is 14.6 Å². The molecule has 4 aromatic carbocycles. The highest BCUT2D eigenvalue weighted by Gasteiger charge is 2.10. The third kappa shape index (κ3) is 4.77. The number of esters is 1. The molecule has 0 bridgehead atoms. The Hall–Kier alpha value is -4.64. The molecule has 0 amide bonds. The molecular formula is C31H25NO4. The first-order valence-corrected chi connectivity index (χ1v) is 11.8. The number of fused-ring (bicyclic) bond motifs is 1. The van der Waals surface area contributed by atoms with Crippen molar-refractivity contribution in [2.75, 3.05) is 6.61 Å². The van der Waals surface area contributed by atoms with Crippen molar-refractivity contribution in [3.63, 3.8) is 0 Å². The molecule has 5 aromatic rings. The lowest BCUT2D eigenvalue weighted by molar-refractivity contribution is -0.142. The molecule has 0 atom stereocenters. The summed E-state index contributed by atoms with van der Waals surface area (Å²) in [6.07, 6.45) is 0.161. The van der Waals surface area contributed by atoms with Crippen LogP contribution in [-0.2, 0) is 16.0 Å². The van der Waals surface area contributed by atoms with Crippen LogP contribution in [0.3, 0.4) is 0 Å². The number of hydrogen-bond acceptors (Lipinski definition) is 4. The maximum absolute atomic E-state index is 12.9. The van der Waals surface area contributed by atoms with E-state index in [9.17, 15) is 14.7 Å². The Bertz CT molecular complexity index is 1620. The fourth-order valence-corrected chi connectivity index (χ4v) is 4.39. The second kappa shape index (κ2) is 9.92. The van der Waals surface area contributed by atoms with E-state index in [-0.39, 0.29) is 23.7 Å². The largest absolute Gasteiger partial charge is 0.507 e. The zero-order chi connectivity index (χ0) is 25.1. The molecule has 0 fully saturated rings. The maximum atomic E-state index is 12.9. The first kappa shape index (κ1) is 23.1. The van der Waals surface area contributed by atoms with Crippen molar-refractivity contribution >= 4 is 16.9 Å². The van der Waals surface area contributed by atoms with Crippen molar-refractivity contribution in [1.29, 1.82) is 0 Å². The lowest BCUT2D eigenvalue weighted by atomic mass is 9.97. The van der Waals surface area contributed by atoms with Crippen LogP contribution in [0.15, 0.2) is 102 Å². The van der Waals surface area contributed by atoms with Gasteiger partial charge in [0.2, 0.25) is 0 Å². The summed E-state index contributed by atoms with van der Waals surface area (Å²) in [6, 6.07) is 30.5. The van der Waals surface area contributed by atoms with Gasteiger partial charge in [0.05, 0.1) is 13.0 Å². The first-order chi connectivity index (χ1) is 17.5. The molecule has 0 radical (unpaired) electrons. The number of rotatable bonds is 6. The Morgan fingerprint density at radius 2 is 1.53 bits per heavy atom. The van der Waals surface area contributed by atoms with E-state index < -0.39 is 0 Å². The second-order valence-electron chi connectivity index (χ2n) is 8.59. The Morgan fingerprint density at radius 3 is 2.31 bits per heavy atom. The van der Waals surface area contributed by atoms with E-state index in [4.69, 9.17) is 4.74 Å². The molecule has 178 valence electrons. The van der Waals surface area contributed by atoms with Gasteiger partial charge >= 0.3 is 5.97 Å². The molecule has 5 heteroatoms. The molecule has 0 unspecified atom stereocenters. The van der Waals surface area contributed by atoms with Gasteiger partial charge in [-0.3, -0.25) is 9.59 Å². The quantitative estimate of drug-likeness (QED) is 0.281. The summed E-state index contributed by atoms with van der Waals surface area (Å²) in [4.78, 5) is 27.7. The molecule has 0 saturated carbocycles. The summed E-state index contributed by atoms with van der Waals surface area (Å²) < 4.78 is 5.05. The zero-order valence-electron chi connectivity index (χ0n) is 19.8. The number of phenols is 1. The topological polar surface area (TPSA) is 79.4 Å². The smallest absolute Gasteiger partial charge is 0.310 e. The number of benzene rings is 4. The fraction of sp³-hybridized carbons (Fsp3) is 0.0968. The number of para-hydroxylation sites is 1. The monoisotopic (exact) mass is 475 g/mol. The van der Waals surface area contributed by atoms with Gasteiger partial charge < -0.3 is 14.8 Å². The average Bonchev–Trinajstić information content (AvgIpc) is 2.89. The van der Waals surface area contributed by atoms with E-state index in [0.29, 0.717) is 12.2 Å². The van der Waals surface area contributed by atoms with Gasteiger partial charge in [-0.25, -0.2) is 0 Å². The average molecular weight is 476 g/mol. The molecule has 2 N–H and O–H groups in total. The number of ether oxygens (including phenoxy) is 1. The van der Waals surface area contributed by atoms with Gasteiger partial charge in [0.1, 0.15) is 5.75 Å². The van der Waals surface area contributed by atoms with Crippen molar-refractivity contribution in [3.8, 4) is 39.1 Å². The van der Waals surface area contributed by atoms with E-state index >= 15 is 0 Å². The Labute approximate surface area is 208 Å². The van der Waals surface area contributed by atoms with Gasteiger partial charge in [-0.05, 0) is 64.4 Å². The number of phenolic OH excluding ortho intramolecular Hbond substituents is 1. The highest BCUT2D eigenvalue weighted by atomic mass is 16.5. The maximum Gasteiger partial charge on any atom is 0.310 e. The van der Waals surface area contributed by atoms with E-state index in [1.807, 2.05) is 84.9 Å². The summed E-state index contributed by atoms with van der Waals surface area (Å²) in [7, 11) is 0. The van der Waals surface area contributed by atoms with E-state index in [1.165, 1.54) is 0 Å². The molecule has 5 rings (SSSR count). The third-order valence-corrected chi connectivity index (χ3v) is 6.17. The number of aromatic nitrogens is 1. The molecule has 5 nitrogen and oxygen atoms in total. The van der Waals surface area contributed by atoms with Crippen molar-refractivity contribution in [1.82, 2.24) is 4.98 Å². The van der Waals surface area contributed by atoms with Crippen molar-refractivity contribution in [2.45, 2.75) is 13.3 Å². The van der Waals surface area contributed by atoms with Crippen LogP contribution >= 0.6 is 0 Å². The number of pyridine rings is 1. The lowest BCUT2D eigenvalue weighted by Crippen LogP contribution is -2.10. The van der Waals surface area contributed by atoms with Crippen LogP contribution < -0.4 is 5.56 Å². The SMILES string of the molecule is CCOC(=O)Cc1cccc(-c2cc3cc(-c4ccc(-c5ccccc5O)cc4)ccc3[nH]c2=O)c1. The van der Waals surface area contributed by atoms with Crippen LogP contribution in [0.4, 0.5) is 0 Å². The number of aromatic hydroxyl groups is 1. The van der Waals surface area contributed by atoms with Crippen LogP contribution in [-0.4, -0.2) is 22.7 Å². The third-order valence-electron chi connectivity index (χ3n) is 6.17. The highest BCUT2D eigenvalue weighted by molar-refractivity contribution is 5.88. The Morgan fingerprint density at radius 1 is 0.778 bits per heavy atom. The normalized spacial score (nSPS) is 10.9. The second-order valence-corrected chi connectivity index (χ2v) is 8.59. The van der Waals surface area contributed by atoms with Gasteiger partial charge in [0.25, 0.3) is 5.56 Å². The predicted octanol–water partition coefficient (Wildman–Crippen LogP) is 6.34. The van der Waals surface area contributed by atoms with Gasteiger partial charge in [0.15, 0.2) is 0 Å². The van der Waals surface area contributed by atoms with E-state index in [2.05, 4.69) is 4.98 Å². The van der Waals surface area contributed by atoms with Gasteiger partial charge in [0, 0.05) is 16.6 Å². The lowest BCUT2D eigenvalue weighted by Gasteiger charge is -2.09. The van der Waals surface area contributed by atoms with Crippen LogP contribution in [0, 0.1) is 0 Å². The molecule has 1 aromatic heterocycles. The summed E-state index contributed by atoms with van der Waals surface area (Å²) in [5.41, 5.74) is 6.42. The van der Waals surface area contributed by atoms with Crippen LogP contribution in [0.1, 0.15) is 12.5 Å². The fourth-order valence-electron chi connectivity index (χ4n) is 4.39. The standard InChI is InChI=1S/C31H25NO4/c1-2-36-30(34)17-20-6-5-7-24(16-20)27-19-25-18-23(14-15-28(25)32-31(27)35)21-10-12-22(13-11-21)26-8-3-4-9-29(26)33/h3-16,18-19,33H,2,17H2,1H3,(H,32,35). The minimum absolute atomic E-state index is 0.161. The Balaban J connectivity index is 1.48. The van der Waals surface area contributed by atoms with Crippen LogP contribution in [0.25, 0.3) is 44.3 Å². The van der Waals surface area contributed by atoms with Gasteiger partial charge in [-0.15, -0.1) is 0 Å². The zero-order valence-corrected chi connectivity index (χ0v) is 19.8. The van der Waals surface area contributed by atoms with Gasteiger partial charge in [-0.2, -0.15) is 0 Å². The molecular weight excluding hydrogens is 450 g/mol. The summed E-state index contributed by atoms with van der Waals surface area (Å²) in [5.74, 6) is -0.0426. The van der Waals surface area contributed by atoms with E-state index in [1.54, 1.807) is 19.1 Å².